The molecule has 0 amide bonds. The summed E-state index contributed by atoms with van der Waals surface area (Å²) in [6.07, 6.45) is 2.35. The summed E-state index contributed by atoms with van der Waals surface area (Å²) < 4.78 is 5.48. The summed E-state index contributed by atoms with van der Waals surface area (Å²) in [7, 11) is 1.80. The van der Waals surface area contributed by atoms with E-state index in [1.807, 2.05) is 0 Å². The van der Waals surface area contributed by atoms with Crippen LogP contribution in [0.2, 0.25) is 0 Å². The molecule has 0 aliphatic carbocycles. The van der Waals surface area contributed by atoms with E-state index in [1.54, 1.807) is 7.11 Å². The average molecular weight is 228 g/mol. The van der Waals surface area contributed by atoms with E-state index in [-0.39, 0.29) is 5.60 Å². The van der Waals surface area contributed by atoms with Crippen LogP contribution in [0.1, 0.15) is 40.5 Å². The van der Waals surface area contributed by atoms with Gasteiger partial charge in [-0.25, -0.2) is 0 Å². The molecule has 1 aliphatic heterocycles. The van der Waals surface area contributed by atoms with Gasteiger partial charge in [-0.3, -0.25) is 4.90 Å². The summed E-state index contributed by atoms with van der Waals surface area (Å²) in [6.45, 7) is 12.4. The maximum Gasteiger partial charge on any atom is 0.0634 e. The largest absolute Gasteiger partial charge is 0.379 e. The highest BCUT2D eigenvalue weighted by Crippen LogP contribution is 2.16. The van der Waals surface area contributed by atoms with E-state index in [0.717, 1.165) is 26.1 Å². The summed E-state index contributed by atoms with van der Waals surface area (Å²) in [6, 6.07) is 1.29. The van der Waals surface area contributed by atoms with E-state index in [0.29, 0.717) is 12.1 Å². The molecule has 3 heteroatoms. The van der Waals surface area contributed by atoms with Crippen molar-refractivity contribution < 1.29 is 4.74 Å². The predicted molar refractivity (Wildman–Crippen MR) is 68.8 cm³/mol. The van der Waals surface area contributed by atoms with Crippen LogP contribution in [0.5, 0.6) is 0 Å². The van der Waals surface area contributed by atoms with Crippen LogP contribution in [0, 0.1) is 0 Å². The van der Waals surface area contributed by atoms with Gasteiger partial charge in [0, 0.05) is 32.3 Å². The van der Waals surface area contributed by atoms with Crippen molar-refractivity contribution in [1.82, 2.24) is 10.2 Å². The van der Waals surface area contributed by atoms with Crippen molar-refractivity contribution in [2.75, 3.05) is 26.7 Å². The van der Waals surface area contributed by atoms with Gasteiger partial charge >= 0.3 is 0 Å². The maximum atomic E-state index is 5.48. The quantitative estimate of drug-likeness (QED) is 0.795. The van der Waals surface area contributed by atoms with Gasteiger partial charge in [0.15, 0.2) is 0 Å². The van der Waals surface area contributed by atoms with Gasteiger partial charge in [0.2, 0.25) is 0 Å². The molecule has 1 N–H and O–H groups in total. The first kappa shape index (κ1) is 13.9. The highest BCUT2D eigenvalue weighted by molar-refractivity contribution is 4.80. The molecule has 3 nitrogen and oxygen atoms in total. The van der Waals surface area contributed by atoms with Crippen LogP contribution in [-0.2, 0) is 4.74 Å². The van der Waals surface area contributed by atoms with E-state index >= 15 is 0 Å². The van der Waals surface area contributed by atoms with E-state index in [2.05, 4.69) is 37.9 Å². The fourth-order valence-corrected chi connectivity index (χ4v) is 2.14. The molecule has 2 unspecified atom stereocenters. The minimum atomic E-state index is 0.00267. The Balaban J connectivity index is 2.44. The summed E-state index contributed by atoms with van der Waals surface area (Å²) in [5.41, 5.74) is 0.00267. The first-order valence-corrected chi connectivity index (χ1v) is 6.47. The molecule has 0 aromatic carbocycles. The van der Waals surface area contributed by atoms with Crippen LogP contribution in [0.4, 0.5) is 0 Å². The summed E-state index contributed by atoms with van der Waals surface area (Å²) in [4.78, 5) is 2.59. The Morgan fingerprint density at radius 3 is 2.69 bits per heavy atom. The second kappa shape index (κ2) is 5.99. The van der Waals surface area contributed by atoms with Crippen LogP contribution < -0.4 is 5.32 Å². The third-order valence-corrected chi connectivity index (χ3v) is 3.74. The number of nitrogens with one attached hydrogen (secondary N) is 1. The van der Waals surface area contributed by atoms with Gasteiger partial charge in [0.05, 0.1) is 5.60 Å². The molecule has 0 aromatic rings. The number of methoxy groups -OCH3 is 1. The van der Waals surface area contributed by atoms with E-state index < -0.39 is 0 Å². The fraction of sp³-hybridized carbons (Fsp3) is 1.00. The van der Waals surface area contributed by atoms with Crippen molar-refractivity contribution in [1.29, 1.82) is 0 Å². The van der Waals surface area contributed by atoms with E-state index in [9.17, 15) is 0 Å². The Hall–Kier alpha value is -0.120. The van der Waals surface area contributed by atoms with Gasteiger partial charge in [-0.05, 0) is 47.1 Å². The van der Waals surface area contributed by atoms with Crippen molar-refractivity contribution in [3.05, 3.63) is 0 Å². The lowest BCUT2D eigenvalue weighted by molar-refractivity contribution is 0.00446. The standard InChI is InChI=1S/C13H28N2O/c1-11-10-15(12(2)6-8-14-11)9-7-13(3,4)16-5/h11-12,14H,6-10H2,1-5H3. The first-order chi connectivity index (χ1) is 7.44. The maximum absolute atomic E-state index is 5.48. The lowest BCUT2D eigenvalue weighted by atomic mass is 10.0. The summed E-state index contributed by atoms with van der Waals surface area (Å²) in [5, 5.41) is 3.54. The van der Waals surface area contributed by atoms with Crippen molar-refractivity contribution in [2.45, 2.75) is 58.2 Å². The van der Waals surface area contributed by atoms with Crippen molar-refractivity contribution in [2.24, 2.45) is 0 Å². The third kappa shape index (κ3) is 4.40. The Bertz CT molecular complexity index is 206. The molecule has 0 radical (unpaired) electrons. The van der Waals surface area contributed by atoms with Gasteiger partial charge in [-0.2, -0.15) is 0 Å². The molecule has 0 spiro atoms. The van der Waals surface area contributed by atoms with Crippen LogP contribution in [-0.4, -0.2) is 49.3 Å². The molecule has 1 rings (SSSR count). The monoisotopic (exact) mass is 228 g/mol. The van der Waals surface area contributed by atoms with Crippen molar-refractivity contribution >= 4 is 0 Å². The normalized spacial score (nSPS) is 29.1. The molecule has 1 aliphatic rings. The summed E-state index contributed by atoms with van der Waals surface area (Å²) in [5.74, 6) is 0. The topological polar surface area (TPSA) is 24.5 Å². The van der Waals surface area contributed by atoms with Gasteiger partial charge in [-0.1, -0.05) is 0 Å². The number of ether oxygens (including phenoxy) is 1. The SMILES string of the molecule is COC(C)(C)CCN1CC(C)NCCC1C. The molecule has 1 saturated heterocycles. The molecule has 16 heavy (non-hydrogen) atoms. The first-order valence-electron chi connectivity index (χ1n) is 6.47. The van der Waals surface area contributed by atoms with Crippen LogP contribution in [0.25, 0.3) is 0 Å². The second-order valence-electron chi connectivity index (χ2n) is 5.70. The zero-order chi connectivity index (χ0) is 12.2. The van der Waals surface area contributed by atoms with Gasteiger partial charge in [0.1, 0.15) is 0 Å². The predicted octanol–water partition coefficient (Wildman–Crippen LogP) is 1.87. The highest BCUT2D eigenvalue weighted by atomic mass is 16.5. The van der Waals surface area contributed by atoms with Gasteiger partial charge in [0.25, 0.3) is 0 Å². The highest BCUT2D eigenvalue weighted by Gasteiger charge is 2.23. The number of rotatable bonds is 4. The number of hydrogen-bond acceptors (Lipinski definition) is 3. The van der Waals surface area contributed by atoms with Gasteiger partial charge in [-0.15, -0.1) is 0 Å². The Morgan fingerprint density at radius 2 is 2.06 bits per heavy atom. The third-order valence-electron chi connectivity index (χ3n) is 3.74. The minimum Gasteiger partial charge on any atom is -0.379 e. The molecule has 1 fully saturated rings. The molecule has 0 saturated carbocycles. The minimum absolute atomic E-state index is 0.00267. The number of nitrogens with zero attached hydrogens (tertiary/aromatic N) is 1. The van der Waals surface area contributed by atoms with E-state index in [1.165, 1.54) is 6.42 Å². The lowest BCUT2D eigenvalue weighted by Crippen LogP contribution is -2.41. The van der Waals surface area contributed by atoms with Crippen molar-refractivity contribution in [3.63, 3.8) is 0 Å². The Labute approximate surface area is 101 Å². The Morgan fingerprint density at radius 1 is 1.38 bits per heavy atom. The van der Waals surface area contributed by atoms with Gasteiger partial charge < -0.3 is 10.1 Å². The zero-order valence-electron chi connectivity index (χ0n) is 11.5. The molecular formula is C13H28N2O. The molecule has 0 bridgehead atoms. The fourth-order valence-electron chi connectivity index (χ4n) is 2.14. The zero-order valence-corrected chi connectivity index (χ0v) is 11.5. The number of hydrogen-bond donors (Lipinski definition) is 1. The second-order valence-corrected chi connectivity index (χ2v) is 5.70. The molecule has 96 valence electrons. The Kier molecular flexibility index (Phi) is 5.22. The molecule has 1 heterocycles. The van der Waals surface area contributed by atoms with Crippen LogP contribution in [0.15, 0.2) is 0 Å². The van der Waals surface area contributed by atoms with Crippen molar-refractivity contribution in [3.8, 4) is 0 Å². The summed E-state index contributed by atoms with van der Waals surface area (Å²) >= 11 is 0. The lowest BCUT2D eigenvalue weighted by Gasteiger charge is -2.32. The van der Waals surface area contributed by atoms with E-state index in [4.69, 9.17) is 4.74 Å². The molecule has 0 aromatic heterocycles. The molecule has 2 atom stereocenters. The average Bonchev–Trinajstić information content (AvgIpc) is 2.38. The van der Waals surface area contributed by atoms with Crippen LogP contribution >= 0.6 is 0 Å². The molecular weight excluding hydrogens is 200 g/mol. The van der Waals surface area contributed by atoms with Crippen LogP contribution in [0.3, 0.4) is 0 Å². The smallest absolute Gasteiger partial charge is 0.0634 e.